The average Bonchev–Trinajstić information content (AvgIpc) is 3.18. The topological polar surface area (TPSA) is 113 Å². The molecule has 2 aliphatic rings. The number of aliphatic hydroxyl groups excluding tert-OH is 2. The first-order valence-electron chi connectivity index (χ1n) is 11.4. The molecule has 7 heteroatoms. The lowest BCUT2D eigenvalue weighted by Gasteiger charge is -2.27. The van der Waals surface area contributed by atoms with Crippen LogP contribution in [-0.2, 0) is 17.6 Å². The second kappa shape index (κ2) is 9.43. The number of aliphatic hydroxyl groups is 2. The number of benzene rings is 1. The van der Waals surface area contributed by atoms with Crippen LogP contribution in [0.1, 0.15) is 72.8 Å². The van der Waals surface area contributed by atoms with Crippen molar-refractivity contribution in [2.75, 3.05) is 13.2 Å². The summed E-state index contributed by atoms with van der Waals surface area (Å²) < 4.78 is 5.44. The summed E-state index contributed by atoms with van der Waals surface area (Å²) in [6.45, 7) is 4.08. The van der Waals surface area contributed by atoms with E-state index < -0.39 is 0 Å². The van der Waals surface area contributed by atoms with Crippen LogP contribution in [0.3, 0.4) is 0 Å². The van der Waals surface area contributed by atoms with Crippen molar-refractivity contribution in [1.82, 2.24) is 5.16 Å². The number of carbonyl (C=O) groups is 2. The number of nitrogens with zero attached hydrogens (tertiary/aromatic N) is 2. The fraction of sp³-hybridized carbons (Fsp3) is 0.462. The van der Waals surface area contributed by atoms with Crippen molar-refractivity contribution in [3.05, 3.63) is 64.2 Å². The fourth-order valence-electron chi connectivity index (χ4n) is 4.86. The van der Waals surface area contributed by atoms with Gasteiger partial charge in [0.15, 0.2) is 11.6 Å². The average molecular weight is 451 g/mol. The van der Waals surface area contributed by atoms with Crippen molar-refractivity contribution in [1.29, 1.82) is 0 Å². The van der Waals surface area contributed by atoms with Gasteiger partial charge in [0.2, 0.25) is 0 Å². The highest BCUT2D eigenvalue weighted by molar-refractivity contribution is 6.24. The van der Waals surface area contributed by atoms with Gasteiger partial charge in [-0.3, -0.25) is 14.6 Å². The van der Waals surface area contributed by atoms with E-state index in [2.05, 4.69) is 10.1 Å². The Morgan fingerprint density at radius 2 is 1.91 bits per heavy atom. The first-order chi connectivity index (χ1) is 15.8. The molecule has 1 atom stereocenters. The van der Waals surface area contributed by atoms with Crippen LogP contribution in [0.5, 0.6) is 0 Å². The Balaban J connectivity index is 1.56. The molecule has 1 aromatic heterocycles. The highest BCUT2D eigenvalue weighted by Gasteiger charge is 2.37. The molecule has 1 heterocycles. The minimum absolute atomic E-state index is 0.00860. The number of aliphatic imine (C=N–C) groups is 1. The van der Waals surface area contributed by atoms with Crippen LogP contribution in [0.25, 0.3) is 0 Å². The predicted molar refractivity (Wildman–Crippen MR) is 124 cm³/mol. The van der Waals surface area contributed by atoms with E-state index in [9.17, 15) is 19.8 Å². The van der Waals surface area contributed by atoms with Crippen molar-refractivity contribution >= 4 is 17.3 Å². The zero-order chi connectivity index (χ0) is 23.6. The molecule has 0 bridgehead atoms. The molecule has 1 fully saturated rings. The molecule has 2 aromatic rings. The Kier molecular flexibility index (Phi) is 6.61. The zero-order valence-corrected chi connectivity index (χ0v) is 19.1. The van der Waals surface area contributed by atoms with E-state index in [1.54, 1.807) is 0 Å². The van der Waals surface area contributed by atoms with Crippen LogP contribution in [0.4, 0.5) is 0 Å². The third kappa shape index (κ3) is 4.98. The van der Waals surface area contributed by atoms with E-state index in [0.29, 0.717) is 48.4 Å². The number of Topliss-reactive ketones (excluding diaryl/α,β-unsaturated/α-hetero) is 2. The number of aromatic nitrogens is 1. The molecule has 1 aromatic carbocycles. The third-order valence-corrected chi connectivity index (χ3v) is 6.39. The van der Waals surface area contributed by atoms with Gasteiger partial charge in [-0.15, -0.1) is 0 Å². The Morgan fingerprint density at radius 1 is 1.15 bits per heavy atom. The van der Waals surface area contributed by atoms with Gasteiger partial charge in [0.25, 0.3) is 0 Å². The molecule has 7 nitrogen and oxygen atoms in total. The van der Waals surface area contributed by atoms with Gasteiger partial charge in [-0.1, -0.05) is 49.3 Å². The Morgan fingerprint density at radius 3 is 2.64 bits per heavy atom. The van der Waals surface area contributed by atoms with Gasteiger partial charge in [0, 0.05) is 37.8 Å². The zero-order valence-electron chi connectivity index (χ0n) is 19.1. The van der Waals surface area contributed by atoms with Gasteiger partial charge >= 0.3 is 0 Å². The molecule has 174 valence electrons. The van der Waals surface area contributed by atoms with E-state index in [0.717, 1.165) is 5.56 Å². The number of fused-ring (bicyclic) bond motifs is 1. The monoisotopic (exact) mass is 450 g/mol. The lowest BCUT2D eigenvalue weighted by molar-refractivity contribution is -0.116. The maximum atomic E-state index is 13.1. The molecular formula is C26H30N2O5. The number of hydrogen-bond donors (Lipinski definition) is 2. The van der Waals surface area contributed by atoms with Crippen LogP contribution in [0.2, 0.25) is 0 Å². The summed E-state index contributed by atoms with van der Waals surface area (Å²) in [6, 6.07) is 9.78. The fourth-order valence-corrected chi connectivity index (χ4v) is 4.86. The largest absolute Gasteiger partial charge is 0.511 e. The standard InChI is InChI=1S/C26H30N2O5/c1-26(2)14-22(32)25-18(28-33-23(25)15-26)8-9-20(30)24-19(27-10-11-29)12-17(13-21(24)31)16-6-4-3-5-7-16/h3-7,17,29-30H,8-15H2,1-2H3/b24-20-,27-19?. The van der Waals surface area contributed by atoms with Crippen molar-refractivity contribution in [2.24, 2.45) is 10.4 Å². The number of allylic oxidation sites excluding steroid dienone is 2. The highest BCUT2D eigenvalue weighted by atomic mass is 16.5. The first-order valence-corrected chi connectivity index (χ1v) is 11.4. The van der Waals surface area contributed by atoms with E-state index in [-0.39, 0.29) is 60.2 Å². The molecule has 0 aliphatic heterocycles. The second-order valence-corrected chi connectivity index (χ2v) is 9.68. The summed E-state index contributed by atoms with van der Waals surface area (Å²) in [4.78, 5) is 30.1. The molecule has 2 aliphatic carbocycles. The first kappa shape index (κ1) is 23.1. The molecular weight excluding hydrogens is 420 g/mol. The van der Waals surface area contributed by atoms with E-state index >= 15 is 0 Å². The maximum Gasteiger partial charge on any atom is 0.168 e. The van der Waals surface area contributed by atoms with E-state index in [1.165, 1.54) is 0 Å². The molecule has 0 spiro atoms. The van der Waals surface area contributed by atoms with Crippen LogP contribution in [0, 0.1) is 5.41 Å². The minimum Gasteiger partial charge on any atom is -0.511 e. The highest BCUT2D eigenvalue weighted by Crippen LogP contribution is 2.37. The minimum atomic E-state index is -0.163. The van der Waals surface area contributed by atoms with Crippen LogP contribution < -0.4 is 0 Å². The maximum absolute atomic E-state index is 13.1. The summed E-state index contributed by atoms with van der Waals surface area (Å²) in [6.07, 6.45) is 2.33. The lowest BCUT2D eigenvalue weighted by Crippen LogP contribution is -2.27. The Bertz CT molecular complexity index is 1110. The summed E-state index contributed by atoms with van der Waals surface area (Å²) in [5.41, 5.74) is 2.70. The number of hydrogen-bond acceptors (Lipinski definition) is 7. The third-order valence-electron chi connectivity index (χ3n) is 6.39. The van der Waals surface area contributed by atoms with Gasteiger partial charge in [0.05, 0.1) is 30.0 Å². The molecule has 2 N–H and O–H groups in total. The summed E-state index contributed by atoms with van der Waals surface area (Å²) in [5.74, 6) is 0.376. The molecule has 0 amide bonds. The van der Waals surface area contributed by atoms with Crippen molar-refractivity contribution in [2.45, 2.75) is 58.3 Å². The second-order valence-electron chi connectivity index (χ2n) is 9.68. The normalized spacial score (nSPS) is 23.0. The van der Waals surface area contributed by atoms with Gasteiger partial charge < -0.3 is 14.7 Å². The van der Waals surface area contributed by atoms with Gasteiger partial charge in [-0.05, 0) is 23.3 Å². The van der Waals surface area contributed by atoms with Crippen molar-refractivity contribution in [3.8, 4) is 0 Å². The van der Waals surface area contributed by atoms with Crippen LogP contribution in [0.15, 0.2) is 51.2 Å². The number of ketones is 2. The van der Waals surface area contributed by atoms with E-state index in [1.807, 2.05) is 44.2 Å². The molecule has 4 rings (SSSR count). The summed E-state index contributed by atoms with van der Waals surface area (Å²) >= 11 is 0. The summed E-state index contributed by atoms with van der Waals surface area (Å²) in [5, 5.41) is 24.2. The van der Waals surface area contributed by atoms with Crippen molar-refractivity contribution in [3.63, 3.8) is 0 Å². The molecule has 1 unspecified atom stereocenters. The predicted octanol–water partition coefficient (Wildman–Crippen LogP) is 4.15. The number of carbonyl (C=O) groups excluding carboxylic acids is 2. The molecule has 1 saturated carbocycles. The van der Waals surface area contributed by atoms with Gasteiger partial charge in [-0.25, -0.2) is 0 Å². The van der Waals surface area contributed by atoms with Crippen LogP contribution >= 0.6 is 0 Å². The Labute approximate surface area is 193 Å². The van der Waals surface area contributed by atoms with Crippen LogP contribution in [-0.4, -0.2) is 45.8 Å². The Hall–Kier alpha value is -3.06. The SMILES string of the molecule is CC1(C)CC(=O)c2c(CC/C(O)=C3/C(=O)CC(c4ccccc4)CC3=NCCO)noc2C1. The van der Waals surface area contributed by atoms with Gasteiger partial charge in [-0.2, -0.15) is 0 Å². The lowest BCUT2D eigenvalue weighted by atomic mass is 9.76. The number of aryl methyl sites for hydroxylation is 1. The van der Waals surface area contributed by atoms with Gasteiger partial charge in [0.1, 0.15) is 11.5 Å². The number of rotatable bonds is 6. The molecule has 0 saturated heterocycles. The summed E-state index contributed by atoms with van der Waals surface area (Å²) in [7, 11) is 0. The van der Waals surface area contributed by atoms with E-state index in [4.69, 9.17) is 4.52 Å². The van der Waals surface area contributed by atoms with Crippen molar-refractivity contribution < 1.29 is 24.3 Å². The molecule has 0 radical (unpaired) electrons. The quantitative estimate of drug-likeness (QED) is 0.505. The smallest absolute Gasteiger partial charge is 0.168 e. The molecule has 33 heavy (non-hydrogen) atoms.